The van der Waals surface area contributed by atoms with E-state index < -0.39 is 4.92 Å². The maximum absolute atomic E-state index is 10.5. The van der Waals surface area contributed by atoms with E-state index in [4.69, 9.17) is 5.26 Å². The SMILES string of the molecule is N#C/C(CI)=C(\O)c1cccc([N+](=O)[O-])c1. The fraction of sp³-hybridized carbons (Fsp3) is 0.100. The molecule has 0 bridgehead atoms. The van der Waals surface area contributed by atoms with Crippen molar-refractivity contribution < 1.29 is 10.0 Å². The van der Waals surface area contributed by atoms with E-state index in [2.05, 4.69) is 0 Å². The zero-order valence-corrected chi connectivity index (χ0v) is 10.2. The summed E-state index contributed by atoms with van der Waals surface area (Å²) < 4.78 is 0.350. The van der Waals surface area contributed by atoms with Gasteiger partial charge in [-0.2, -0.15) is 5.26 Å². The minimum Gasteiger partial charge on any atom is -0.506 e. The van der Waals surface area contributed by atoms with Gasteiger partial charge in [0.1, 0.15) is 5.76 Å². The zero-order valence-electron chi connectivity index (χ0n) is 8.05. The third-order valence-corrected chi connectivity index (χ3v) is 2.65. The highest BCUT2D eigenvalue weighted by atomic mass is 127. The molecule has 16 heavy (non-hydrogen) atoms. The zero-order chi connectivity index (χ0) is 12.1. The molecular formula is C10H7IN2O3. The Hall–Kier alpha value is -1.62. The van der Waals surface area contributed by atoms with E-state index in [1.54, 1.807) is 0 Å². The highest BCUT2D eigenvalue weighted by molar-refractivity contribution is 14.1. The number of halogens is 1. The number of nitro benzene ring substituents is 1. The first kappa shape index (κ1) is 12.4. The maximum Gasteiger partial charge on any atom is 0.270 e. The normalized spacial score (nSPS) is 11.5. The molecule has 0 unspecified atom stereocenters. The molecule has 0 aliphatic rings. The number of nitrogens with zero attached hydrogens (tertiary/aromatic N) is 2. The molecule has 82 valence electrons. The summed E-state index contributed by atoms with van der Waals surface area (Å²) in [6.07, 6.45) is 0. The average Bonchev–Trinajstić information content (AvgIpc) is 2.30. The monoisotopic (exact) mass is 330 g/mol. The molecule has 1 rings (SSSR count). The van der Waals surface area contributed by atoms with Gasteiger partial charge in [-0.25, -0.2) is 0 Å². The van der Waals surface area contributed by atoms with Gasteiger partial charge in [-0.15, -0.1) is 0 Å². The van der Waals surface area contributed by atoms with Crippen molar-refractivity contribution in [3.8, 4) is 6.07 Å². The third-order valence-electron chi connectivity index (χ3n) is 1.88. The lowest BCUT2D eigenvalue weighted by atomic mass is 10.1. The van der Waals surface area contributed by atoms with Gasteiger partial charge in [0.05, 0.1) is 16.6 Å². The Morgan fingerprint density at radius 2 is 2.31 bits per heavy atom. The topological polar surface area (TPSA) is 87.2 Å². The number of nitriles is 1. The van der Waals surface area contributed by atoms with Crippen LogP contribution in [0.5, 0.6) is 0 Å². The second-order valence-electron chi connectivity index (χ2n) is 2.88. The fourth-order valence-corrected chi connectivity index (χ4v) is 1.62. The number of non-ortho nitro benzene ring substituents is 1. The Balaban J connectivity index is 3.25. The summed E-state index contributed by atoms with van der Waals surface area (Å²) in [6, 6.07) is 7.40. The van der Waals surface area contributed by atoms with Gasteiger partial charge in [0.25, 0.3) is 5.69 Å². The van der Waals surface area contributed by atoms with E-state index in [1.165, 1.54) is 24.3 Å². The van der Waals surface area contributed by atoms with Gasteiger partial charge in [0.2, 0.25) is 0 Å². The molecule has 5 nitrogen and oxygen atoms in total. The van der Waals surface area contributed by atoms with E-state index in [0.717, 1.165) is 0 Å². The van der Waals surface area contributed by atoms with Crippen molar-refractivity contribution in [1.82, 2.24) is 0 Å². The molecule has 0 saturated heterocycles. The lowest BCUT2D eigenvalue weighted by Crippen LogP contribution is -1.93. The first-order valence-electron chi connectivity index (χ1n) is 4.23. The summed E-state index contributed by atoms with van der Waals surface area (Å²) in [6.45, 7) is 0. The number of hydrogen-bond donors (Lipinski definition) is 1. The lowest BCUT2D eigenvalue weighted by molar-refractivity contribution is -0.384. The summed E-state index contributed by atoms with van der Waals surface area (Å²) in [7, 11) is 0. The minimum atomic E-state index is -0.549. The fourth-order valence-electron chi connectivity index (χ4n) is 1.09. The van der Waals surface area contributed by atoms with Crippen LogP contribution >= 0.6 is 22.6 Å². The van der Waals surface area contributed by atoms with Gasteiger partial charge in [-0.1, -0.05) is 34.7 Å². The average molecular weight is 330 g/mol. The smallest absolute Gasteiger partial charge is 0.270 e. The van der Waals surface area contributed by atoms with Crippen molar-refractivity contribution in [3.05, 3.63) is 45.5 Å². The highest BCUT2D eigenvalue weighted by Gasteiger charge is 2.11. The van der Waals surface area contributed by atoms with Crippen LogP contribution in [-0.2, 0) is 0 Å². The quantitative estimate of drug-likeness (QED) is 0.231. The number of benzene rings is 1. The highest BCUT2D eigenvalue weighted by Crippen LogP contribution is 2.21. The minimum absolute atomic E-state index is 0.116. The van der Waals surface area contributed by atoms with E-state index in [0.29, 0.717) is 4.43 Å². The van der Waals surface area contributed by atoms with Crippen molar-refractivity contribution in [2.24, 2.45) is 0 Å². The Morgan fingerprint density at radius 1 is 1.62 bits per heavy atom. The molecule has 1 aromatic carbocycles. The van der Waals surface area contributed by atoms with Crippen molar-refractivity contribution in [1.29, 1.82) is 5.26 Å². The lowest BCUT2D eigenvalue weighted by Gasteiger charge is -2.01. The predicted molar refractivity (Wildman–Crippen MR) is 67.1 cm³/mol. The van der Waals surface area contributed by atoms with Crippen LogP contribution in [-0.4, -0.2) is 14.5 Å². The molecule has 0 aromatic heterocycles. The van der Waals surface area contributed by atoms with Gasteiger partial charge in [-0.3, -0.25) is 10.1 Å². The number of rotatable bonds is 3. The molecule has 0 radical (unpaired) electrons. The molecule has 0 atom stereocenters. The maximum atomic E-state index is 10.5. The van der Waals surface area contributed by atoms with Crippen LogP contribution < -0.4 is 0 Å². The molecule has 0 heterocycles. The van der Waals surface area contributed by atoms with Crippen molar-refractivity contribution in [2.75, 3.05) is 4.43 Å². The largest absolute Gasteiger partial charge is 0.506 e. The van der Waals surface area contributed by atoms with Crippen LogP contribution in [0.2, 0.25) is 0 Å². The molecule has 1 N–H and O–H groups in total. The number of aliphatic hydroxyl groups is 1. The standard InChI is InChI=1S/C10H7IN2O3/c11-5-8(6-12)10(14)7-2-1-3-9(4-7)13(15)16/h1-4,14H,5H2/b10-8-. The summed E-state index contributed by atoms with van der Waals surface area (Å²) in [5.41, 5.74) is 0.360. The first-order chi connectivity index (χ1) is 7.60. The molecule has 0 saturated carbocycles. The van der Waals surface area contributed by atoms with Crippen LogP contribution in [0.3, 0.4) is 0 Å². The Morgan fingerprint density at radius 3 is 2.81 bits per heavy atom. The van der Waals surface area contributed by atoms with Crippen LogP contribution in [0.25, 0.3) is 5.76 Å². The summed E-state index contributed by atoms with van der Waals surface area (Å²) >= 11 is 1.94. The molecule has 0 aliphatic heterocycles. The first-order valence-corrected chi connectivity index (χ1v) is 5.75. The molecule has 1 aromatic rings. The van der Waals surface area contributed by atoms with Gasteiger partial charge < -0.3 is 5.11 Å². The number of hydrogen-bond acceptors (Lipinski definition) is 4. The van der Waals surface area contributed by atoms with Crippen molar-refractivity contribution in [3.63, 3.8) is 0 Å². The van der Waals surface area contributed by atoms with E-state index in [1.807, 2.05) is 28.7 Å². The second-order valence-corrected chi connectivity index (χ2v) is 3.64. The van der Waals surface area contributed by atoms with E-state index in [9.17, 15) is 15.2 Å². The Bertz CT molecular complexity index is 491. The van der Waals surface area contributed by atoms with E-state index in [-0.39, 0.29) is 22.6 Å². The summed E-state index contributed by atoms with van der Waals surface area (Å²) in [5, 5.41) is 29.0. The number of allylic oxidation sites excluding steroid dienone is 1. The summed E-state index contributed by atoms with van der Waals surface area (Å²) in [5.74, 6) is -0.208. The van der Waals surface area contributed by atoms with Gasteiger partial charge in [0.15, 0.2) is 0 Å². The number of alkyl halides is 1. The van der Waals surface area contributed by atoms with Crippen LogP contribution in [0.1, 0.15) is 5.56 Å². The van der Waals surface area contributed by atoms with Crippen molar-refractivity contribution in [2.45, 2.75) is 0 Å². The van der Waals surface area contributed by atoms with Crippen molar-refractivity contribution >= 4 is 34.0 Å². The molecule has 6 heteroatoms. The molecule has 0 fully saturated rings. The molecular weight excluding hydrogens is 323 g/mol. The molecule has 0 aliphatic carbocycles. The van der Waals surface area contributed by atoms with Crippen LogP contribution in [0.4, 0.5) is 5.69 Å². The second kappa shape index (κ2) is 5.46. The molecule has 0 spiro atoms. The molecule has 0 amide bonds. The number of nitro groups is 1. The number of aliphatic hydroxyl groups excluding tert-OH is 1. The summed E-state index contributed by atoms with van der Waals surface area (Å²) in [4.78, 5) is 9.98. The van der Waals surface area contributed by atoms with Gasteiger partial charge in [0, 0.05) is 22.1 Å². The van der Waals surface area contributed by atoms with Gasteiger partial charge in [-0.05, 0) is 0 Å². The van der Waals surface area contributed by atoms with Gasteiger partial charge >= 0.3 is 0 Å². The Kier molecular flexibility index (Phi) is 4.25. The third kappa shape index (κ3) is 2.70. The predicted octanol–water partition coefficient (Wildman–Crippen LogP) is 2.82. The van der Waals surface area contributed by atoms with E-state index >= 15 is 0 Å². The van der Waals surface area contributed by atoms with Crippen LogP contribution in [0, 0.1) is 21.4 Å². The Labute approximate surface area is 105 Å². The van der Waals surface area contributed by atoms with Crippen LogP contribution in [0.15, 0.2) is 29.8 Å².